The van der Waals surface area contributed by atoms with Gasteiger partial charge >= 0.3 is 6.18 Å². The Morgan fingerprint density at radius 2 is 1.50 bits per heavy atom. The van der Waals surface area contributed by atoms with Crippen LogP contribution in [0.25, 0.3) is 22.6 Å². The van der Waals surface area contributed by atoms with Gasteiger partial charge in [-0.1, -0.05) is 42.5 Å². The number of benzene rings is 2. The van der Waals surface area contributed by atoms with E-state index in [1.165, 1.54) is 6.07 Å². The molecule has 2 saturated heterocycles. The van der Waals surface area contributed by atoms with Crippen molar-refractivity contribution in [1.29, 1.82) is 0 Å². The zero-order chi connectivity index (χ0) is 22.2. The molecule has 0 saturated carbocycles. The molecule has 8 heteroatoms. The number of ether oxygens (including phenoxy) is 2. The zero-order valence-corrected chi connectivity index (χ0v) is 17.3. The van der Waals surface area contributed by atoms with Crippen LogP contribution in [0.5, 0.6) is 0 Å². The lowest BCUT2D eigenvalue weighted by Crippen LogP contribution is -2.45. The van der Waals surface area contributed by atoms with Crippen LogP contribution in [-0.2, 0) is 15.7 Å². The maximum Gasteiger partial charge on any atom is 0.416 e. The maximum absolute atomic E-state index is 13.3. The highest BCUT2D eigenvalue weighted by molar-refractivity contribution is 5.68. The predicted molar refractivity (Wildman–Crippen MR) is 114 cm³/mol. The number of alkyl halides is 3. The van der Waals surface area contributed by atoms with Crippen molar-refractivity contribution in [3.05, 3.63) is 66.2 Å². The van der Waals surface area contributed by atoms with Crippen LogP contribution in [0.15, 0.2) is 60.7 Å². The monoisotopic (exact) mass is 441 g/mol. The molecule has 1 aromatic heterocycles. The van der Waals surface area contributed by atoms with Crippen molar-refractivity contribution in [3.8, 4) is 22.6 Å². The molecule has 0 bridgehead atoms. The van der Waals surface area contributed by atoms with Gasteiger partial charge in [-0.05, 0) is 12.1 Å². The highest BCUT2D eigenvalue weighted by Crippen LogP contribution is 2.36. The second-order valence-electron chi connectivity index (χ2n) is 7.97. The first-order chi connectivity index (χ1) is 15.4. The summed E-state index contributed by atoms with van der Waals surface area (Å²) in [5, 5.41) is 0. The average molecular weight is 441 g/mol. The molecule has 1 spiro atoms. The van der Waals surface area contributed by atoms with E-state index in [-0.39, 0.29) is 0 Å². The lowest BCUT2D eigenvalue weighted by Gasteiger charge is -2.38. The van der Waals surface area contributed by atoms with Crippen molar-refractivity contribution < 1.29 is 22.6 Å². The number of anilines is 1. The van der Waals surface area contributed by atoms with Gasteiger partial charge in [0, 0.05) is 43.1 Å². The molecular formula is C24H22F3N3O2. The number of rotatable bonds is 3. The van der Waals surface area contributed by atoms with Crippen LogP contribution in [-0.4, -0.2) is 42.1 Å². The Morgan fingerprint density at radius 1 is 0.812 bits per heavy atom. The van der Waals surface area contributed by atoms with Gasteiger partial charge in [-0.15, -0.1) is 0 Å². The van der Waals surface area contributed by atoms with Crippen molar-refractivity contribution in [3.63, 3.8) is 0 Å². The summed E-state index contributed by atoms with van der Waals surface area (Å²) < 4.78 is 51.5. The summed E-state index contributed by atoms with van der Waals surface area (Å²) in [4.78, 5) is 11.5. The maximum atomic E-state index is 13.3. The van der Waals surface area contributed by atoms with Gasteiger partial charge in [0.1, 0.15) is 5.82 Å². The van der Waals surface area contributed by atoms with E-state index in [0.717, 1.165) is 17.7 Å². The summed E-state index contributed by atoms with van der Waals surface area (Å²) in [5.41, 5.74) is 0.954. The van der Waals surface area contributed by atoms with E-state index < -0.39 is 17.5 Å². The van der Waals surface area contributed by atoms with Crippen molar-refractivity contribution in [2.45, 2.75) is 24.8 Å². The van der Waals surface area contributed by atoms with E-state index in [4.69, 9.17) is 14.5 Å². The molecule has 0 N–H and O–H groups in total. The van der Waals surface area contributed by atoms with E-state index in [2.05, 4.69) is 9.88 Å². The molecule has 2 fully saturated rings. The van der Waals surface area contributed by atoms with Gasteiger partial charge in [0.2, 0.25) is 0 Å². The molecule has 3 heterocycles. The van der Waals surface area contributed by atoms with Gasteiger partial charge in [-0.2, -0.15) is 13.2 Å². The standard InChI is InChI=1S/C24H22F3N3O2/c25-24(26,27)19-8-4-7-18(15-19)20-16-21(29-22(28-20)17-5-2-1-3-6-17)30-11-9-23(10-12-30)31-13-14-32-23/h1-8,15-16H,9-14H2. The number of piperidine rings is 1. The summed E-state index contributed by atoms with van der Waals surface area (Å²) in [6, 6.07) is 16.4. The third kappa shape index (κ3) is 4.20. The third-order valence-electron chi connectivity index (χ3n) is 5.89. The lowest BCUT2D eigenvalue weighted by molar-refractivity contribution is -0.169. The molecule has 2 aliphatic rings. The predicted octanol–water partition coefficient (Wildman–Crippen LogP) is 5.17. The number of hydrogen-bond acceptors (Lipinski definition) is 5. The minimum atomic E-state index is -4.42. The van der Waals surface area contributed by atoms with Gasteiger partial charge in [0.25, 0.3) is 0 Å². The number of halogens is 3. The fourth-order valence-electron chi connectivity index (χ4n) is 4.18. The SMILES string of the molecule is FC(F)(F)c1cccc(-c2cc(N3CCC4(CC3)OCCO4)nc(-c3ccccc3)n2)c1. The fourth-order valence-corrected chi connectivity index (χ4v) is 4.18. The molecule has 5 rings (SSSR count). The zero-order valence-electron chi connectivity index (χ0n) is 17.3. The van der Waals surface area contributed by atoms with Crippen molar-refractivity contribution in [2.75, 3.05) is 31.2 Å². The minimum absolute atomic E-state index is 0.400. The molecule has 0 unspecified atom stereocenters. The topological polar surface area (TPSA) is 47.5 Å². The van der Waals surface area contributed by atoms with Crippen LogP contribution in [0, 0.1) is 0 Å². The highest BCUT2D eigenvalue weighted by Gasteiger charge is 2.40. The molecule has 2 aliphatic heterocycles. The van der Waals surface area contributed by atoms with Crippen LogP contribution in [0.2, 0.25) is 0 Å². The highest BCUT2D eigenvalue weighted by atomic mass is 19.4. The van der Waals surface area contributed by atoms with Crippen LogP contribution in [0.1, 0.15) is 18.4 Å². The largest absolute Gasteiger partial charge is 0.416 e. The van der Waals surface area contributed by atoms with Crippen molar-refractivity contribution >= 4 is 5.82 Å². The summed E-state index contributed by atoms with van der Waals surface area (Å²) in [6.07, 6.45) is -3.01. The van der Waals surface area contributed by atoms with Gasteiger partial charge in [-0.3, -0.25) is 0 Å². The Labute approximate surface area is 183 Å². The van der Waals surface area contributed by atoms with Crippen LogP contribution < -0.4 is 4.90 Å². The second-order valence-corrected chi connectivity index (χ2v) is 7.97. The molecule has 2 aromatic carbocycles. The van der Waals surface area contributed by atoms with E-state index in [0.29, 0.717) is 62.0 Å². The Kier molecular flexibility index (Phi) is 5.35. The molecule has 5 nitrogen and oxygen atoms in total. The van der Waals surface area contributed by atoms with Crippen LogP contribution in [0.4, 0.5) is 19.0 Å². The summed E-state index contributed by atoms with van der Waals surface area (Å²) in [6.45, 7) is 2.55. The van der Waals surface area contributed by atoms with Gasteiger partial charge in [0.05, 0.1) is 24.5 Å². The molecule has 0 atom stereocenters. The third-order valence-corrected chi connectivity index (χ3v) is 5.89. The van der Waals surface area contributed by atoms with E-state index in [1.807, 2.05) is 30.3 Å². The smallest absolute Gasteiger partial charge is 0.356 e. The summed E-state index contributed by atoms with van der Waals surface area (Å²) in [5.74, 6) is 0.638. The number of nitrogens with zero attached hydrogens (tertiary/aromatic N) is 3. The Morgan fingerprint density at radius 3 is 2.19 bits per heavy atom. The summed E-state index contributed by atoms with van der Waals surface area (Å²) >= 11 is 0. The van der Waals surface area contributed by atoms with Crippen LogP contribution >= 0.6 is 0 Å². The van der Waals surface area contributed by atoms with Crippen molar-refractivity contribution in [1.82, 2.24) is 9.97 Å². The first kappa shape index (κ1) is 20.9. The molecule has 166 valence electrons. The van der Waals surface area contributed by atoms with Crippen LogP contribution in [0.3, 0.4) is 0 Å². The molecular weight excluding hydrogens is 419 g/mol. The molecule has 0 aliphatic carbocycles. The second kappa shape index (κ2) is 8.18. The number of hydrogen-bond donors (Lipinski definition) is 0. The number of aromatic nitrogens is 2. The molecule has 32 heavy (non-hydrogen) atoms. The Bertz CT molecular complexity index is 1090. The van der Waals surface area contributed by atoms with E-state index in [9.17, 15) is 13.2 Å². The van der Waals surface area contributed by atoms with Gasteiger partial charge in [0.15, 0.2) is 11.6 Å². The quantitative estimate of drug-likeness (QED) is 0.561. The van der Waals surface area contributed by atoms with Crippen molar-refractivity contribution in [2.24, 2.45) is 0 Å². The normalized spacial score (nSPS) is 18.3. The Balaban J connectivity index is 1.53. The Hall–Kier alpha value is -2.97. The molecule has 3 aromatic rings. The van der Waals surface area contributed by atoms with Gasteiger partial charge < -0.3 is 14.4 Å². The summed E-state index contributed by atoms with van der Waals surface area (Å²) in [7, 11) is 0. The minimum Gasteiger partial charge on any atom is -0.356 e. The first-order valence-corrected chi connectivity index (χ1v) is 10.6. The van der Waals surface area contributed by atoms with Gasteiger partial charge in [-0.25, -0.2) is 9.97 Å². The molecule has 0 amide bonds. The molecule has 0 radical (unpaired) electrons. The fraction of sp³-hybridized carbons (Fsp3) is 0.333. The van der Waals surface area contributed by atoms with E-state index >= 15 is 0 Å². The first-order valence-electron chi connectivity index (χ1n) is 10.6. The average Bonchev–Trinajstić information content (AvgIpc) is 3.27. The lowest BCUT2D eigenvalue weighted by atomic mass is 10.0. The van der Waals surface area contributed by atoms with E-state index in [1.54, 1.807) is 12.1 Å².